The molecule has 0 radical (unpaired) electrons. The molecule has 8 bridgehead atoms. The van der Waals surface area contributed by atoms with Gasteiger partial charge in [-0.1, -0.05) is 56.2 Å². The first-order valence-corrected chi connectivity index (χ1v) is 46.3. The van der Waals surface area contributed by atoms with Crippen LogP contribution in [0.5, 0.6) is 0 Å². The lowest BCUT2D eigenvalue weighted by molar-refractivity contribution is -0.361. The summed E-state index contributed by atoms with van der Waals surface area (Å²) >= 11 is 18.5. The van der Waals surface area contributed by atoms with Gasteiger partial charge in [-0.25, -0.2) is 38.2 Å². The van der Waals surface area contributed by atoms with E-state index in [9.17, 15) is 64.7 Å². The van der Waals surface area contributed by atoms with Crippen LogP contribution in [0.2, 0.25) is 10.3 Å². The minimum absolute atomic E-state index is 0.00581. The first-order valence-electron chi connectivity index (χ1n) is 45.2. The number of ketones is 3. The molecule has 142 heavy (non-hydrogen) atoms. The third kappa shape index (κ3) is 20.2. The van der Waals surface area contributed by atoms with Crippen molar-refractivity contribution in [2.45, 2.75) is 197 Å². The van der Waals surface area contributed by atoms with E-state index in [1.807, 2.05) is 6.92 Å². The normalized spacial score (nSPS) is 23.1. The van der Waals surface area contributed by atoms with Gasteiger partial charge in [0, 0.05) is 146 Å². The maximum atomic E-state index is 15.0. The van der Waals surface area contributed by atoms with E-state index in [2.05, 4.69) is 97.8 Å². The number of ether oxygens (including phenoxy) is 4. The van der Waals surface area contributed by atoms with Crippen LogP contribution in [0.3, 0.4) is 0 Å². The van der Waals surface area contributed by atoms with Gasteiger partial charge in [-0.2, -0.15) is 27.2 Å². The third-order valence-corrected chi connectivity index (χ3v) is 28.7. The van der Waals surface area contributed by atoms with E-state index in [0.29, 0.717) is 141 Å². The molecule has 12 aromatic rings. The van der Waals surface area contributed by atoms with E-state index < -0.39 is 94.7 Å². The van der Waals surface area contributed by atoms with E-state index >= 15 is 4.39 Å². The molecule has 0 spiro atoms. The number of esters is 3. The molecule has 12 saturated carbocycles. The van der Waals surface area contributed by atoms with Crippen LogP contribution < -0.4 is 10.6 Å². The van der Waals surface area contributed by atoms with Gasteiger partial charge in [0.2, 0.25) is 11.9 Å². The van der Waals surface area contributed by atoms with Crippen molar-refractivity contribution in [3.05, 3.63) is 230 Å². The number of hydrogen-bond donors (Lipinski definition) is 2. The van der Waals surface area contributed by atoms with Gasteiger partial charge >= 0.3 is 30.2 Å². The number of nitrogens with one attached hydrogen (secondary N) is 2. The maximum Gasteiger partial charge on any atom is 0.413 e. The van der Waals surface area contributed by atoms with Crippen LogP contribution >= 0.6 is 34.8 Å². The van der Waals surface area contributed by atoms with Crippen molar-refractivity contribution in [2.24, 2.45) is 55.3 Å². The van der Waals surface area contributed by atoms with Crippen molar-refractivity contribution in [1.29, 1.82) is 5.26 Å². The Morgan fingerprint density at radius 3 is 1.30 bits per heavy atom. The zero-order valence-corrected chi connectivity index (χ0v) is 80.1. The quantitative estimate of drug-likeness (QED) is 0.0105. The minimum atomic E-state index is -4.21. The van der Waals surface area contributed by atoms with E-state index in [4.69, 9.17) is 59.0 Å². The van der Waals surface area contributed by atoms with Crippen LogP contribution in [0.1, 0.15) is 235 Å². The highest BCUT2D eigenvalue weighted by atomic mass is 35.5. The Bertz CT molecular complexity index is 7000. The van der Waals surface area contributed by atoms with Gasteiger partial charge in [0.1, 0.15) is 63.2 Å². The summed E-state index contributed by atoms with van der Waals surface area (Å²) in [5.41, 5.74) is 3.24. The van der Waals surface area contributed by atoms with Crippen molar-refractivity contribution in [1.82, 2.24) is 105 Å². The Morgan fingerprint density at radius 1 is 0.479 bits per heavy atom. The minimum Gasteiger partial charge on any atom is -0.457 e. The molecule has 45 heteroatoms. The van der Waals surface area contributed by atoms with Gasteiger partial charge < -0.3 is 24.3 Å². The molecular formula is C97H91Cl3F7N23O12. The summed E-state index contributed by atoms with van der Waals surface area (Å²) in [4.78, 5) is 134. The highest BCUT2D eigenvalue weighted by Crippen LogP contribution is 2.80. The van der Waals surface area contributed by atoms with Crippen molar-refractivity contribution in [3.8, 4) is 51.6 Å². The second-order valence-electron chi connectivity index (χ2n) is 38.4. The van der Waals surface area contributed by atoms with Crippen molar-refractivity contribution < 1.29 is 88.0 Å². The number of rotatable bonds is 30. The zero-order chi connectivity index (χ0) is 101. The van der Waals surface area contributed by atoms with E-state index in [1.54, 1.807) is 121 Å². The summed E-state index contributed by atoms with van der Waals surface area (Å²) in [5, 5.41) is 47.1. The smallest absolute Gasteiger partial charge is 0.413 e. The van der Waals surface area contributed by atoms with E-state index in [0.717, 1.165) is 25.3 Å². The molecule has 24 rings (SSSR count). The summed E-state index contributed by atoms with van der Waals surface area (Å²) in [6.45, 7) is 8.28. The second kappa shape index (κ2) is 38.3. The van der Waals surface area contributed by atoms with Gasteiger partial charge in [0.25, 0.3) is 5.91 Å². The highest BCUT2D eigenvalue weighted by Gasteiger charge is 2.78. The molecule has 0 unspecified atom stereocenters. The molecule has 4 atom stereocenters. The lowest BCUT2D eigenvalue weighted by atomic mass is 9.33. The Kier molecular flexibility index (Phi) is 26.8. The first-order chi connectivity index (χ1) is 67.3. The summed E-state index contributed by atoms with van der Waals surface area (Å²) in [7, 11) is 6.45. The predicted octanol–water partition coefficient (Wildman–Crippen LogP) is 16.7. The number of nitriles is 1. The van der Waals surface area contributed by atoms with Crippen LogP contribution in [-0.2, 0) is 80.8 Å². The Labute approximate surface area is 820 Å². The number of nitrogens with zero attached hydrogens (tertiary/aromatic N) is 21. The number of amides is 2. The van der Waals surface area contributed by atoms with Crippen molar-refractivity contribution in [2.75, 3.05) is 5.32 Å². The monoisotopic (exact) mass is 2010 g/mol. The molecule has 736 valence electrons. The van der Waals surface area contributed by atoms with Crippen LogP contribution in [0, 0.1) is 63.0 Å². The fourth-order valence-corrected chi connectivity index (χ4v) is 22.2. The Morgan fingerprint density at radius 2 is 0.880 bits per heavy atom. The number of Topliss-reactive ketones (excluding diaryl/α,β-unsaturated/α-hetero) is 3. The molecule has 12 aliphatic rings. The molecule has 2 amide bonds. The van der Waals surface area contributed by atoms with Gasteiger partial charge in [-0.05, 0) is 207 Å². The molecule has 2 N–H and O–H groups in total. The van der Waals surface area contributed by atoms with Crippen molar-refractivity contribution >= 4 is 87.9 Å². The molecular weight excluding hydrogens is 1920 g/mol. The summed E-state index contributed by atoms with van der Waals surface area (Å²) in [6, 6.07) is 26.2. The Balaban J connectivity index is 0.000000130. The molecule has 0 saturated heterocycles. The number of aryl methyl sites for hydroxylation is 5. The van der Waals surface area contributed by atoms with Crippen LogP contribution in [0.25, 0.3) is 45.6 Å². The zero-order valence-electron chi connectivity index (χ0n) is 77.8. The average Bonchev–Trinajstić information content (AvgIpc) is 0.675. The number of carbonyl (C=O) groups is 8. The largest absolute Gasteiger partial charge is 0.457 e. The van der Waals surface area contributed by atoms with E-state index in [-0.39, 0.29) is 128 Å². The summed E-state index contributed by atoms with van der Waals surface area (Å²) < 4.78 is 123. The standard InChI is InChI=1S/C25H25Cl2N5O3.C25H23F4N5O3.C24H23F2N5O3.C23H20ClFN8O3/c1-14-16(20(33)10-24-11-25(27,12-24)13-24)6-7-18(29-14)22-19(32(3)31-30-22)9-21(34)35-15(2)17-5-4-8-28-23(17)26;1-14(16-4-3-7-30-22(16)26)37-20(36)8-18-21(32-33-34(18)2)17-6-5-15(10-31-17)19(35)9-23-11-24(12-23,13-23)25(27,28)29;1-14(16-4-3-7-27-22(16)25)34-20(33)8-18-21(29-30-31(18)2)17-6-5-15(10-28-17)19(32)9-23-11-24(26,12-23)13-23;1-12(14-4-3-5-27-18(14)24)36-21(35)29-19-17(31-32-33(19)2)16-15(25)6-13(7-28-16)20(34)30-23-8-22(9-23,10-23)11-26/h4-8,15H,9-13H2,1-3H3;3-7,10,14H,8-9,11-13H2,1-2H3;3-7,10,14H,8-9,11-13H2,1-2H3;3-7,12H,8-10H2,1-2H3,(H,29,35)(H,30,34)/t15-,24?,25?;2*14-,23?,24?;12-,22?,23?/m1111/s1. The third-order valence-electron chi connectivity index (χ3n) is 27.7. The maximum absolute atomic E-state index is 15.0. The van der Waals surface area contributed by atoms with Gasteiger partial charge in [-0.3, -0.25) is 72.9 Å². The van der Waals surface area contributed by atoms with E-state index in [1.165, 1.54) is 82.0 Å². The van der Waals surface area contributed by atoms with Gasteiger partial charge in [0.15, 0.2) is 34.7 Å². The summed E-state index contributed by atoms with van der Waals surface area (Å²) in [5.74, 6) is -4.55. The second-order valence-corrected chi connectivity index (χ2v) is 40.0. The SMILES string of the molecule is C[C@@H](OC(=O)Cc1c(-c2ccc(C(=O)CC34CC(C(F)(F)F)(C3)C4)cn2)nnn1C)c1cccnc1F.C[C@@H](OC(=O)Cc1c(-c2ccc(C(=O)CC34CC(F)(C3)C4)cn2)nnn1C)c1cccnc1F.C[C@@H](OC(=O)Nc1c(-c2ncc(C(=O)NC34CC(C#N)(C3)C4)cc2F)nnn1C)c1cccnc1Cl.Cc1nc(-c2nnn(C)c2CC(=O)O[C@H](C)c2cccnc2Cl)ccc1C(=O)CC12CC(Cl)(C1)C2. The lowest BCUT2D eigenvalue weighted by Crippen LogP contribution is -2.74. The highest BCUT2D eigenvalue weighted by molar-refractivity contribution is 6.30. The number of alkyl halides is 5. The molecule has 12 fully saturated rings. The van der Waals surface area contributed by atoms with Crippen LogP contribution in [0.4, 0.5) is 41.3 Å². The molecule has 0 aliphatic heterocycles. The fraction of sp³-hybridized carbons (Fsp3) is 0.412. The lowest BCUT2D eigenvalue weighted by Gasteiger charge is -2.70. The average molecular weight is 2010 g/mol. The molecule has 12 aliphatic carbocycles. The molecule has 0 aromatic carbocycles. The summed E-state index contributed by atoms with van der Waals surface area (Å²) in [6.07, 6.45) is 8.24. The number of hydrogen-bond acceptors (Lipinski definition) is 29. The number of halogens is 10. The topological polar surface area (TPSA) is 447 Å². The number of anilines is 1. The molecule has 12 heterocycles. The van der Waals surface area contributed by atoms with Gasteiger partial charge in [-0.15, -0.1) is 32.0 Å². The van der Waals surface area contributed by atoms with Crippen LogP contribution in [-0.4, -0.2) is 169 Å². The fourth-order valence-electron chi connectivity index (χ4n) is 20.8. The Hall–Kier alpha value is -14.2. The van der Waals surface area contributed by atoms with Crippen molar-refractivity contribution in [3.63, 3.8) is 0 Å². The van der Waals surface area contributed by atoms with Crippen LogP contribution in [0.15, 0.2) is 134 Å². The first kappa shape index (κ1) is 99.4. The number of pyridine rings is 8. The molecule has 35 nitrogen and oxygen atoms in total. The van der Waals surface area contributed by atoms with Gasteiger partial charge in [0.05, 0.1) is 75.9 Å². The number of aromatic nitrogens is 20. The predicted molar refractivity (Wildman–Crippen MR) is 490 cm³/mol. The molecule has 12 aromatic heterocycles. The number of carbonyl (C=O) groups excluding carboxylic acids is 8.